The zero-order chi connectivity index (χ0) is 22.1. The maximum atomic E-state index is 11.9. The van der Waals surface area contributed by atoms with Gasteiger partial charge in [-0.2, -0.15) is 0 Å². The van der Waals surface area contributed by atoms with E-state index in [0.29, 0.717) is 23.3 Å². The Hall–Kier alpha value is -2.75. The first-order chi connectivity index (χ1) is 14.2. The first-order valence-electron chi connectivity index (χ1n) is 9.84. The van der Waals surface area contributed by atoms with Crippen molar-refractivity contribution in [2.24, 2.45) is 0 Å². The zero-order valence-electron chi connectivity index (χ0n) is 17.9. The van der Waals surface area contributed by atoms with Gasteiger partial charge in [-0.1, -0.05) is 58.0 Å². The fourth-order valence-corrected chi connectivity index (χ4v) is 3.09. The number of urea groups is 1. The Balaban J connectivity index is 1.81. The molecule has 1 aromatic carbocycles. The van der Waals surface area contributed by atoms with Crippen LogP contribution in [0.3, 0.4) is 0 Å². The minimum atomic E-state index is -0.505. The number of unbranched alkanes of at least 4 members (excludes halogenated alkanes) is 1. The van der Waals surface area contributed by atoms with Crippen LogP contribution >= 0.6 is 11.8 Å². The van der Waals surface area contributed by atoms with E-state index in [1.54, 1.807) is 0 Å². The van der Waals surface area contributed by atoms with Gasteiger partial charge >= 0.3 is 6.03 Å². The van der Waals surface area contributed by atoms with Gasteiger partial charge in [0.2, 0.25) is 11.1 Å². The Kier molecular flexibility index (Phi) is 8.52. The van der Waals surface area contributed by atoms with Gasteiger partial charge in [0.15, 0.2) is 5.82 Å². The summed E-state index contributed by atoms with van der Waals surface area (Å²) in [5.74, 6) is 6.68. The van der Waals surface area contributed by atoms with Crippen LogP contribution in [0.5, 0.6) is 5.75 Å². The summed E-state index contributed by atoms with van der Waals surface area (Å²) in [6.07, 6.45) is 1.82. The molecule has 0 aliphatic heterocycles. The topological polar surface area (TPSA) is 124 Å². The molecule has 0 saturated carbocycles. The molecule has 0 bridgehead atoms. The number of nitrogens with one attached hydrogen (secondary N) is 2. The molecule has 0 aliphatic rings. The minimum Gasteiger partial charge on any atom is -0.486 e. The molecule has 3 amide bonds. The molecule has 4 N–H and O–H groups in total. The SMILES string of the molecule is CCCCNC(=O)NC(=O)CSc1nnc(COc2ccc(C(C)(C)C)cc2)n1N. The van der Waals surface area contributed by atoms with E-state index in [1.807, 2.05) is 31.2 Å². The molecule has 0 fully saturated rings. The van der Waals surface area contributed by atoms with Crippen LogP contribution in [0.15, 0.2) is 29.4 Å². The van der Waals surface area contributed by atoms with E-state index in [-0.39, 0.29) is 17.8 Å². The Morgan fingerprint density at radius 1 is 1.20 bits per heavy atom. The third-order valence-corrected chi connectivity index (χ3v) is 5.17. The molecule has 2 rings (SSSR count). The van der Waals surface area contributed by atoms with Crippen LogP contribution in [-0.4, -0.2) is 39.1 Å². The Labute approximate surface area is 181 Å². The molecule has 164 valence electrons. The number of nitrogens with zero attached hydrogens (tertiary/aromatic N) is 3. The van der Waals surface area contributed by atoms with Crippen LogP contribution in [0.1, 0.15) is 51.9 Å². The van der Waals surface area contributed by atoms with Gasteiger partial charge in [0, 0.05) is 6.54 Å². The zero-order valence-corrected chi connectivity index (χ0v) is 18.7. The smallest absolute Gasteiger partial charge is 0.321 e. The van der Waals surface area contributed by atoms with E-state index in [0.717, 1.165) is 24.6 Å². The fraction of sp³-hybridized carbons (Fsp3) is 0.500. The normalized spacial score (nSPS) is 11.2. The second-order valence-corrected chi connectivity index (χ2v) is 8.72. The van der Waals surface area contributed by atoms with Crippen molar-refractivity contribution in [2.75, 3.05) is 18.1 Å². The monoisotopic (exact) mass is 434 g/mol. The number of imide groups is 1. The number of nitrogens with two attached hydrogens (primary N) is 1. The number of benzene rings is 1. The van der Waals surface area contributed by atoms with Gasteiger partial charge in [-0.25, -0.2) is 9.47 Å². The van der Waals surface area contributed by atoms with Crippen LogP contribution in [0.4, 0.5) is 4.79 Å². The number of hydrogen-bond acceptors (Lipinski definition) is 7. The number of amides is 3. The molecular formula is C20H30N6O3S. The molecule has 10 heteroatoms. The van der Waals surface area contributed by atoms with E-state index in [2.05, 4.69) is 41.6 Å². The highest BCUT2D eigenvalue weighted by molar-refractivity contribution is 7.99. The van der Waals surface area contributed by atoms with E-state index in [1.165, 1.54) is 10.2 Å². The van der Waals surface area contributed by atoms with Crippen molar-refractivity contribution in [1.29, 1.82) is 0 Å². The number of rotatable bonds is 9. The number of aromatic nitrogens is 3. The molecule has 9 nitrogen and oxygen atoms in total. The lowest BCUT2D eigenvalue weighted by atomic mass is 9.87. The third kappa shape index (κ3) is 7.25. The summed E-state index contributed by atoms with van der Waals surface area (Å²) in [6, 6.07) is 7.36. The number of nitrogen functional groups attached to an aromatic ring is 1. The average Bonchev–Trinajstić information content (AvgIpc) is 3.04. The molecule has 0 aliphatic carbocycles. The quantitative estimate of drug-likeness (QED) is 0.315. The van der Waals surface area contributed by atoms with Gasteiger partial charge in [-0.3, -0.25) is 10.1 Å². The summed E-state index contributed by atoms with van der Waals surface area (Å²) >= 11 is 1.09. The summed E-state index contributed by atoms with van der Waals surface area (Å²) in [5.41, 5.74) is 1.29. The van der Waals surface area contributed by atoms with Crippen LogP contribution in [0.25, 0.3) is 0 Å². The number of ether oxygens (including phenoxy) is 1. The first kappa shape index (κ1) is 23.5. The average molecular weight is 435 g/mol. The lowest BCUT2D eigenvalue weighted by Gasteiger charge is -2.19. The molecule has 1 aromatic heterocycles. The first-order valence-corrected chi connectivity index (χ1v) is 10.8. The van der Waals surface area contributed by atoms with Gasteiger partial charge in [-0.15, -0.1) is 10.2 Å². The van der Waals surface area contributed by atoms with Crippen molar-refractivity contribution >= 4 is 23.7 Å². The lowest BCUT2D eigenvalue weighted by Crippen LogP contribution is -2.40. The molecule has 0 unspecified atom stereocenters. The molecule has 2 aromatic rings. The van der Waals surface area contributed by atoms with Crippen LogP contribution in [0.2, 0.25) is 0 Å². The molecule has 0 radical (unpaired) electrons. The Bertz CT molecular complexity index is 845. The molecule has 0 spiro atoms. The maximum absolute atomic E-state index is 11.9. The summed E-state index contributed by atoms with van der Waals surface area (Å²) in [6.45, 7) is 9.15. The van der Waals surface area contributed by atoms with Crippen molar-refractivity contribution < 1.29 is 14.3 Å². The van der Waals surface area contributed by atoms with Gasteiger partial charge < -0.3 is 15.9 Å². The molecule has 30 heavy (non-hydrogen) atoms. The van der Waals surface area contributed by atoms with Gasteiger partial charge in [0.05, 0.1) is 5.75 Å². The number of thioether (sulfide) groups is 1. The predicted octanol–water partition coefficient (Wildman–Crippen LogP) is 2.59. The minimum absolute atomic E-state index is 0.00828. The number of carbonyl (C=O) groups excluding carboxylic acids is 2. The summed E-state index contributed by atoms with van der Waals surface area (Å²) < 4.78 is 7.01. The highest BCUT2D eigenvalue weighted by Gasteiger charge is 2.15. The van der Waals surface area contributed by atoms with Crippen molar-refractivity contribution in [3.63, 3.8) is 0 Å². The van der Waals surface area contributed by atoms with E-state index in [9.17, 15) is 9.59 Å². The second kappa shape index (κ2) is 10.9. The van der Waals surface area contributed by atoms with E-state index in [4.69, 9.17) is 10.6 Å². The molecule has 1 heterocycles. The number of carbonyl (C=O) groups is 2. The van der Waals surface area contributed by atoms with Crippen LogP contribution < -0.4 is 21.2 Å². The predicted molar refractivity (Wildman–Crippen MR) is 117 cm³/mol. The van der Waals surface area contributed by atoms with Crippen molar-refractivity contribution in [1.82, 2.24) is 25.5 Å². The molecule has 0 saturated heterocycles. The maximum Gasteiger partial charge on any atom is 0.321 e. The van der Waals surface area contributed by atoms with Crippen LogP contribution in [-0.2, 0) is 16.8 Å². The van der Waals surface area contributed by atoms with Crippen LogP contribution in [0, 0.1) is 0 Å². The van der Waals surface area contributed by atoms with Crippen molar-refractivity contribution in [3.8, 4) is 5.75 Å². The lowest BCUT2D eigenvalue weighted by molar-refractivity contribution is -0.117. The fourth-order valence-electron chi connectivity index (χ4n) is 2.42. The standard InChI is InChI=1S/C20H30N6O3S/c1-5-6-11-22-18(28)23-17(27)13-30-19-25-24-16(26(19)21)12-29-15-9-7-14(8-10-15)20(2,3)4/h7-10H,5-6,11-13,21H2,1-4H3,(H2,22,23,27,28). The van der Waals surface area contributed by atoms with Crippen molar-refractivity contribution in [3.05, 3.63) is 35.7 Å². The van der Waals surface area contributed by atoms with Crippen molar-refractivity contribution in [2.45, 2.75) is 57.7 Å². The largest absolute Gasteiger partial charge is 0.486 e. The second-order valence-electron chi connectivity index (χ2n) is 7.78. The Morgan fingerprint density at radius 2 is 1.90 bits per heavy atom. The van der Waals surface area contributed by atoms with Gasteiger partial charge in [0.1, 0.15) is 12.4 Å². The molecular weight excluding hydrogens is 404 g/mol. The third-order valence-electron chi connectivity index (χ3n) is 4.22. The summed E-state index contributed by atoms with van der Waals surface area (Å²) in [4.78, 5) is 23.5. The van der Waals surface area contributed by atoms with E-state index < -0.39 is 11.9 Å². The highest BCUT2D eigenvalue weighted by Crippen LogP contribution is 2.24. The number of hydrogen-bond donors (Lipinski definition) is 3. The van der Waals surface area contributed by atoms with Gasteiger partial charge in [0.25, 0.3) is 0 Å². The van der Waals surface area contributed by atoms with Gasteiger partial charge in [-0.05, 0) is 29.5 Å². The summed E-state index contributed by atoms with van der Waals surface area (Å²) in [7, 11) is 0. The molecule has 0 atom stereocenters. The summed E-state index contributed by atoms with van der Waals surface area (Å²) in [5, 5.41) is 13.2. The Morgan fingerprint density at radius 3 is 2.53 bits per heavy atom. The van der Waals surface area contributed by atoms with E-state index >= 15 is 0 Å². The highest BCUT2D eigenvalue weighted by atomic mass is 32.2.